The molecule has 0 amide bonds. The molecule has 3 heteroatoms. The van der Waals surface area contributed by atoms with Gasteiger partial charge in [-0.2, -0.15) is 0 Å². The monoisotopic (exact) mass is 161 g/mol. The number of nitrogens with zero attached hydrogens (tertiary/aromatic N) is 1. The highest BCUT2D eigenvalue weighted by molar-refractivity contribution is 5.94. The number of hydrogen-bond donors (Lipinski definition) is 2. The van der Waals surface area contributed by atoms with Crippen LogP contribution in [0.15, 0.2) is 18.3 Å². The van der Waals surface area contributed by atoms with Gasteiger partial charge in [-0.05, 0) is 25.0 Å². The summed E-state index contributed by atoms with van der Waals surface area (Å²) in [5.41, 5.74) is 7.23. The summed E-state index contributed by atoms with van der Waals surface area (Å²) in [6, 6.07) is 3.69. The van der Waals surface area contributed by atoms with Crippen LogP contribution in [0.5, 0.6) is 0 Å². The molecule has 0 atom stereocenters. The zero-order valence-electron chi connectivity index (χ0n) is 6.75. The van der Waals surface area contributed by atoms with Gasteiger partial charge in [-0.1, -0.05) is 0 Å². The van der Waals surface area contributed by atoms with E-state index < -0.39 is 0 Å². The third kappa shape index (κ3) is 1.30. The molecule has 62 valence electrons. The average molecular weight is 161 g/mol. The minimum Gasteiger partial charge on any atom is -0.384 e. The second-order valence-corrected chi connectivity index (χ2v) is 3.16. The molecule has 1 aliphatic carbocycles. The highest BCUT2D eigenvalue weighted by atomic mass is 14.7. The van der Waals surface area contributed by atoms with Crippen LogP contribution in [0.2, 0.25) is 0 Å². The third-order valence-corrected chi connectivity index (χ3v) is 2.09. The van der Waals surface area contributed by atoms with Crippen LogP contribution in [0.3, 0.4) is 0 Å². The standard InChI is InChI=1S/C9H11N3/c10-9(11)7-3-4-12-8(5-7)6-1-2-6/h3-6H,1-2H2,(H3,10,11). The van der Waals surface area contributed by atoms with Gasteiger partial charge < -0.3 is 5.73 Å². The van der Waals surface area contributed by atoms with Crippen LogP contribution in [0.4, 0.5) is 0 Å². The Morgan fingerprint density at radius 3 is 2.92 bits per heavy atom. The summed E-state index contributed by atoms with van der Waals surface area (Å²) in [4.78, 5) is 4.23. The lowest BCUT2D eigenvalue weighted by Crippen LogP contribution is -2.11. The summed E-state index contributed by atoms with van der Waals surface area (Å²) in [5, 5.41) is 7.24. The molecule has 0 radical (unpaired) electrons. The summed E-state index contributed by atoms with van der Waals surface area (Å²) >= 11 is 0. The minimum atomic E-state index is 0.124. The normalized spacial score (nSPS) is 16.0. The number of nitrogen functional groups attached to an aromatic ring is 1. The summed E-state index contributed by atoms with van der Waals surface area (Å²) in [5.74, 6) is 0.753. The lowest BCUT2D eigenvalue weighted by atomic mass is 10.2. The molecular weight excluding hydrogens is 150 g/mol. The fraction of sp³-hybridized carbons (Fsp3) is 0.333. The first-order valence-corrected chi connectivity index (χ1v) is 4.08. The molecule has 0 aromatic carbocycles. The van der Waals surface area contributed by atoms with Gasteiger partial charge in [0.25, 0.3) is 0 Å². The number of rotatable bonds is 2. The number of pyridine rings is 1. The second kappa shape index (κ2) is 2.59. The number of amidine groups is 1. The Bertz CT molecular complexity index is 315. The number of nitrogens with one attached hydrogen (secondary N) is 1. The lowest BCUT2D eigenvalue weighted by Gasteiger charge is -2.00. The van der Waals surface area contributed by atoms with E-state index >= 15 is 0 Å². The summed E-state index contributed by atoms with van der Waals surface area (Å²) in [6.07, 6.45) is 4.19. The van der Waals surface area contributed by atoms with Gasteiger partial charge in [0.05, 0.1) is 0 Å². The number of hydrogen-bond acceptors (Lipinski definition) is 2. The van der Waals surface area contributed by atoms with Crippen molar-refractivity contribution in [1.29, 1.82) is 5.41 Å². The lowest BCUT2D eigenvalue weighted by molar-refractivity contribution is 1.02. The predicted octanol–water partition coefficient (Wildman–Crippen LogP) is 1.24. The van der Waals surface area contributed by atoms with Crippen molar-refractivity contribution in [3.8, 4) is 0 Å². The molecule has 0 saturated heterocycles. The smallest absolute Gasteiger partial charge is 0.122 e. The molecule has 12 heavy (non-hydrogen) atoms. The van der Waals surface area contributed by atoms with Crippen LogP contribution in [0.1, 0.15) is 30.0 Å². The van der Waals surface area contributed by atoms with E-state index in [-0.39, 0.29) is 5.84 Å². The fourth-order valence-electron chi connectivity index (χ4n) is 1.22. The van der Waals surface area contributed by atoms with E-state index in [2.05, 4.69) is 4.98 Å². The molecule has 3 nitrogen and oxygen atoms in total. The maximum Gasteiger partial charge on any atom is 0.122 e. The van der Waals surface area contributed by atoms with Gasteiger partial charge >= 0.3 is 0 Å². The van der Waals surface area contributed by atoms with Crippen molar-refractivity contribution in [2.75, 3.05) is 0 Å². The summed E-state index contributed by atoms with van der Waals surface area (Å²) in [7, 11) is 0. The molecule has 1 aliphatic rings. The summed E-state index contributed by atoms with van der Waals surface area (Å²) in [6.45, 7) is 0. The zero-order valence-corrected chi connectivity index (χ0v) is 6.75. The van der Waals surface area contributed by atoms with Crippen molar-refractivity contribution in [2.45, 2.75) is 18.8 Å². The van der Waals surface area contributed by atoms with Gasteiger partial charge in [-0.3, -0.25) is 10.4 Å². The van der Waals surface area contributed by atoms with Crippen molar-refractivity contribution in [1.82, 2.24) is 4.98 Å². The Morgan fingerprint density at radius 2 is 2.33 bits per heavy atom. The topological polar surface area (TPSA) is 62.8 Å². The minimum absolute atomic E-state index is 0.124. The van der Waals surface area contributed by atoms with E-state index in [0.717, 1.165) is 11.3 Å². The van der Waals surface area contributed by atoms with Gasteiger partial charge in [0.15, 0.2) is 0 Å². The van der Waals surface area contributed by atoms with Crippen molar-refractivity contribution in [2.24, 2.45) is 5.73 Å². The molecule has 3 N–H and O–H groups in total. The third-order valence-electron chi connectivity index (χ3n) is 2.09. The second-order valence-electron chi connectivity index (χ2n) is 3.16. The molecule has 0 spiro atoms. The van der Waals surface area contributed by atoms with E-state index in [9.17, 15) is 0 Å². The Balaban J connectivity index is 2.32. The van der Waals surface area contributed by atoms with Crippen LogP contribution < -0.4 is 5.73 Å². The van der Waals surface area contributed by atoms with Crippen LogP contribution >= 0.6 is 0 Å². The largest absolute Gasteiger partial charge is 0.384 e. The van der Waals surface area contributed by atoms with Crippen LogP contribution in [-0.4, -0.2) is 10.8 Å². The Hall–Kier alpha value is -1.38. The first-order chi connectivity index (χ1) is 5.77. The van der Waals surface area contributed by atoms with Crippen LogP contribution in [0.25, 0.3) is 0 Å². The number of aromatic nitrogens is 1. The maximum atomic E-state index is 7.24. The van der Waals surface area contributed by atoms with Crippen LogP contribution in [0, 0.1) is 5.41 Å². The zero-order chi connectivity index (χ0) is 8.55. The van der Waals surface area contributed by atoms with E-state index in [0.29, 0.717) is 5.92 Å². The molecule has 1 aromatic rings. The quantitative estimate of drug-likeness (QED) is 0.506. The molecule has 1 fully saturated rings. The molecule has 0 aliphatic heterocycles. The first-order valence-electron chi connectivity index (χ1n) is 4.08. The Labute approximate surface area is 71.1 Å². The molecule has 0 unspecified atom stereocenters. The van der Waals surface area contributed by atoms with E-state index in [4.69, 9.17) is 11.1 Å². The van der Waals surface area contributed by atoms with Crippen molar-refractivity contribution in [3.63, 3.8) is 0 Å². The SMILES string of the molecule is N=C(N)c1ccnc(C2CC2)c1. The molecule has 1 aromatic heterocycles. The molecular formula is C9H11N3. The molecule has 2 rings (SSSR count). The first kappa shape index (κ1) is 7.28. The molecule has 1 heterocycles. The van der Waals surface area contributed by atoms with Gasteiger partial charge in [-0.15, -0.1) is 0 Å². The van der Waals surface area contributed by atoms with Gasteiger partial charge in [0.2, 0.25) is 0 Å². The van der Waals surface area contributed by atoms with E-state index in [1.54, 1.807) is 12.3 Å². The fourth-order valence-corrected chi connectivity index (χ4v) is 1.22. The van der Waals surface area contributed by atoms with Crippen molar-refractivity contribution in [3.05, 3.63) is 29.6 Å². The predicted molar refractivity (Wildman–Crippen MR) is 47.2 cm³/mol. The molecule has 1 saturated carbocycles. The van der Waals surface area contributed by atoms with E-state index in [1.807, 2.05) is 6.07 Å². The average Bonchev–Trinajstić information content (AvgIpc) is 2.87. The van der Waals surface area contributed by atoms with Gasteiger partial charge in [0.1, 0.15) is 5.84 Å². The Kier molecular flexibility index (Phi) is 1.57. The van der Waals surface area contributed by atoms with Crippen molar-refractivity contribution >= 4 is 5.84 Å². The van der Waals surface area contributed by atoms with E-state index in [1.165, 1.54) is 12.8 Å². The van der Waals surface area contributed by atoms with Gasteiger partial charge in [0, 0.05) is 23.4 Å². The van der Waals surface area contributed by atoms with Gasteiger partial charge in [-0.25, -0.2) is 0 Å². The van der Waals surface area contributed by atoms with Crippen molar-refractivity contribution < 1.29 is 0 Å². The van der Waals surface area contributed by atoms with Crippen LogP contribution in [-0.2, 0) is 0 Å². The Morgan fingerprint density at radius 1 is 1.58 bits per heavy atom. The highest BCUT2D eigenvalue weighted by Crippen LogP contribution is 2.38. The molecule has 0 bridgehead atoms. The highest BCUT2D eigenvalue weighted by Gasteiger charge is 2.24. The maximum absolute atomic E-state index is 7.24. The summed E-state index contributed by atoms with van der Waals surface area (Å²) < 4.78 is 0. The number of nitrogens with two attached hydrogens (primary N) is 1.